The number of ether oxygens (including phenoxy) is 1. The highest BCUT2D eigenvalue weighted by atomic mass is 32.2. The molecule has 4 rings (SSSR count). The molecule has 0 aliphatic carbocycles. The number of amides is 2. The van der Waals surface area contributed by atoms with Gasteiger partial charge in [0.25, 0.3) is 11.8 Å². The molecule has 1 aromatic carbocycles. The quantitative estimate of drug-likeness (QED) is 0.734. The number of nitrogens with zero attached hydrogens (tertiary/aromatic N) is 2. The van der Waals surface area contributed by atoms with E-state index >= 15 is 0 Å². The smallest absolute Gasteiger partial charge is 0.338 e. The number of benzene rings is 1. The topological polar surface area (TPSA) is 88.1 Å². The first-order valence-corrected chi connectivity index (χ1v) is 10.7. The molecule has 0 fully saturated rings. The Hall–Kier alpha value is -3.17. The molecule has 152 valence electrons. The van der Waals surface area contributed by atoms with Gasteiger partial charge in [0.2, 0.25) is 0 Å². The first-order valence-electron chi connectivity index (χ1n) is 9.00. The molecule has 0 saturated carbocycles. The van der Waals surface area contributed by atoms with Crippen molar-refractivity contribution in [2.24, 2.45) is 4.99 Å². The Balaban J connectivity index is 1.71. The molecule has 2 amide bonds. The van der Waals surface area contributed by atoms with Gasteiger partial charge in [0.15, 0.2) is 5.17 Å². The number of anilines is 1. The molecule has 30 heavy (non-hydrogen) atoms. The number of aliphatic imine (C=N–C) groups is 1. The van der Waals surface area contributed by atoms with Crippen LogP contribution in [-0.2, 0) is 19.1 Å². The largest absolute Gasteiger partial charge is 0.466 e. The Morgan fingerprint density at radius 1 is 1.17 bits per heavy atom. The minimum absolute atomic E-state index is 0.234. The molecule has 3 heterocycles. The Bertz CT molecular complexity index is 1100. The van der Waals surface area contributed by atoms with Crippen LogP contribution in [-0.4, -0.2) is 35.0 Å². The highest BCUT2D eigenvalue weighted by molar-refractivity contribution is 8.18. The van der Waals surface area contributed by atoms with E-state index in [1.807, 2.05) is 35.7 Å². The van der Waals surface area contributed by atoms with Gasteiger partial charge in [0.05, 0.1) is 23.3 Å². The predicted molar refractivity (Wildman–Crippen MR) is 117 cm³/mol. The van der Waals surface area contributed by atoms with Crippen LogP contribution in [0.25, 0.3) is 0 Å². The molecule has 0 saturated heterocycles. The Morgan fingerprint density at radius 3 is 2.60 bits per heavy atom. The van der Waals surface area contributed by atoms with Crippen molar-refractivity contribution in [3.8, 4) is 0 Å². The van der Waals surface area contributed by atoms with E-state index in [1.165, 1.54) is 29.4 Å². The van der Waals surface area contributed by atoms with Gasteiger partial charge in [-0.05, 0) is 42.3 Å². The number of carbonyl (C=O) groups is 3. The van der Waals surface area contributed by atoms with E-state index in [-0.39, 0.29) is 4.91 Å². The number of esters is 1. The third-order valence-electron chi connectivity index (χ3n) is 4.56. The number of hydrogen-bond acceptors (Lipinski definition) is 7. The van der Waals surface area contributed by atoms with Crippen molar-refractivity contribution in [2.45, 2.75) is 13.0 Å². The van der Waals surface area contributed by atoms with E-state index in [2.05, 4.69) is 10.3 Å². The summed E-state index contributed by atoms with van der Waals surface area (Å²) in [5.74, 6) is -1.35. The molecule has 2 aromatic rings. The fraction of sp³-hybridized carbons (Fsp3) is 0.143. The summed E-state index contributed by atoms with van der Waals surface area (Å²) in [4.78, 5) is 45.2. The SMILES string of the molecule is COC(=O)C1=C(C)N=C2SC(C(=O)Nc3ccccc3)=CC(=O)N2[C@@H]1c1cccs1. The third-order valence-corrected chi connectivity index (χ3v) is 6.48. The van der Waals surface area contributed by atoms with Crippen molar-refractivity contribution in [1.29, 1.82) is 0 Å². The summed E-state index contributed by atoms with van der Waals surface area (Å²) in [7, 11) is 1.30. The average Bonchev–Trinajstić information content (AvgIpc) is 3.27. The van der Waals surface area contributed by atoms with Crippen LogP contribution in [0.3, 0.4) is 0 Å². The van der Waals surface area contributed by atoms with Crippen LogP contribution in [0.5, 0.6) is 0 Å². The van der Waals surface area contributed by atoms with Crippen LogP contribution in [0.15, 0.2) is 75.1 Å². The van der Waals surface area contributed by atoms with Gasteiger partial charge < -0.3 is 10.1 Å². The number of rotatable bonds is 4. The minimum atomic E-state index is -0.653. The van der Waals surface area contributed by atoms with Crippen molar-refractivity contribution >= 4 is 51.7 Å². The second-order valence-electron chi connectivity index (χ2n) is 6.44. The zero-order valence-corrected chi connectivity index (χ0v) is 17.8. The maximum Gasteiger partial charge on any atom is 0.338 e. The molecule has 1 aromatic heterocycles. The van der Waals surface area contributed by atoms with Crippen LogP contribution >= 0.6 is 23.1 Å². The number of allylic oxidation sites excluding steroid dienone is 1. The molecular formula is C21H17N3O4S2. The van der Waals surface area contributed by atoms with E-state index in [0.717, 1.165) is 16.6 Å². The lowest BCUT2D eigenvalue weighted by atomic mass is 10.0. The van der Waals surface area contributed by atoms with Crippen molar-refractivity contribution < 1.29 is 19.1 Å². The predicted octanol–water partition coefficient (Wildman–Crippen LogP) is 3.70. The number of thiophene rings is 1. The molecular weight excluding hydrogens is 422 g/mol. The Kier molecular flexibility index (Phi) is 5.56. The maximum absolute atomic E-state index is 13.1. The lowest BCUT2D eigenvalue weighted by Crippen LogP contribution is -2.44. The molecule has 2 aliphatic heterocycles. The number of thioether (sulfide) groups is 1. The number of para-hydroxylation sites is 1. The standard InChI is InChI=1S/C21H17N3O4S2/c1-12-17(20(27)28-2)18(14-9-6-10-29-14)24-16(25)11-15(30-21(24)22-12)19(26)23-13-7-4-3-5-8-13/h3-11,18H,1-2H3,(H,23,26)/t18-/m1/s1. The van der Waals surface area contributed by atoms with Crippen molar-refractivity contribution in [1.82, 2.24) is 4.90 Å². The second kappa shape index (κ2) is 8.29. The summed E-state index contributed by atoms with van der Waals surface area (Å²) in [5.41, 5.74) is 1.39. The van der Waals surface area contributed by atoms with Gasteiger partial charge in [-0.3, -0.25) is 14.5 Å². The number of hydrogen-bond donors (Lipinski definition) is 1. The molecule has 2 aliphatic rings. The molecule has 1 atom stereocenters. The van der Waals surface area contributed by atoms with Gasteiger partial charge in [-0.2, -0.15) is 0 Å². The highest BCUT2D eigenvalue weighted by Crippen LogP contribution is 2.43. The number of fused-ring (bicyclic) bond motifs is 1. The van der Waals surface area contributed by atoms with Crippen molar-refractivity contribution in [2.75, 3.05) is 12.4 Å². The zero-order valence-electron chi connectivity index (χ0n) is 16.1. The molecule has 0 bridgehead atoms. The fourth-order valence-electron chi connectivity index (χ4n) is 3.21. The summed E-state index contributed by atoms with van der Waals surface area (Å²) in [5, 5.41) is 5.00. The van der Waals surface area contributed by atoms with Gasteiger partial charge in [0.1, 0.15) is 6.04 Å². The molecule has 0 unspecified atom stereocenters. The summed E-state index contributed by atoms with van der Waals surface area (Å²) in [6.45, 7) is 1.70. The van der Waals surface area contributed by atoms with Gasteiger partial charge in [0, 0.05) is 16.6 Å². The number of nitrogens with one attached hydrogen (secondary N) is 1. The number of amidine groups is 1. The normalized spacial score (nSPS) is 18.4. The van der Waals surface area contributed by atoms with Crippen LogP contribution in [0.2, 0.25) is 0 Å². The molecule has 1 N–H and O–H groups in total. The monoisotopic (exact) mass is 439 g/mol. The molecule has 0 spiro atoms. The fourth-order valence-corrected chi connectivity index (χ4v) is 5.01. The van der Waals surface area contributed by atoms with Gasteiger partial charge in [-0.15, -0.1) is 11.3 Å². The second-order valence-corrected chi connectivity index (χ2v) is 8.43. The van der Waals surface area contributed by atoms with E-state index < -0.39 is 23.8 Å². The van der Waals surface area contributed by atoms with E-state index in [0.29, 0.717) is 22.1 Å². The number of carbonyl (C=O) groups excluding carboxylic acids is 3. The molecule has 9 heteroatoms. The van der Waals surface area contributed by atoms with Gasteiger partial charge >= 0.3 is 5.97 Å². The first kappa shape index (κ1) is 20.1. The molecule has 7 nitrogen and oxygen atoms in total. The Morgan fingerprint density at radius 2 is 1.93 bits per heavy atom. The van der Waals surface area contributed by atoms with Crippen LogP contribution < -0.4 is 5.32 Å². The van der Waals surface area contributed by atoms with Crippen LogP contribution in [0, 0.1) is 0 Å². The summed E-state index contributed by atoms with van der Waals surface area (Å²) >= 11 is 2.52. The zero-order chi connectivity index (χ0) is 21.3. The highest BCUT2D eigenvalue weighted by Gasteiger charge is 2.42. The van der Waals surface area contributed by atoms with Crippen molar-refractivity contribution in [3.05, 3.63) is 75.0 Å². The van der Waals surface area contributed by atoms with Crippen LogP contribution in [0.4, 0.5) is 5.69 Å². The van der Waals surface area contributed by atoms with Gasteiger partial charge in [-0.1, -0.05) is 24.3 Å². The minimum Gasteiger partial charge on any atom is -0.466 e. The summed E-state index contributed by atoms with van der Waals surface area (Å²) in [6.07, 6.45) is 1.28. The summed E-state index contributed by atoms with van der Waals surface area (Å²) < 4.78 is 4.94. The lowest BCUT2D eigenvalue weighted by molar-refractivity contribution is -0.137. The van der Waals surface area contributed by atoms with E-state index in [4.69, 9.17) is 4.74 Å². The third kappa shape index (κ3) is 3.69. The lowest BCUT2D eigenvalue weighted by Gasteiger charge is -2.37. The van der Waals surface area contributed by atoms with E-state index in [1.54, 1.807) is 19.1 Å². The number of methoxy groups -OCH3 is 1. The first-order chi connectivity index (χ1) is 14.5. The van der Waals surface area contributed by atoms with E-state index in [9.17, 15) is 14.4 Å². The average molecular weight is 440 g/mol. The van der Waals surface area contributed by atoms with Gasteiger partial charge in [-0.25, -0.2) is 9.79 Å². The van der Waals surface area contributed by atoms with Crippen molar-refractivity contribution in [3.63, 3.8) is 0 Å². The Labute approximate surface area is 181 Å². The molecule has 0 radical (unpaired) electrons. The maximum atomic E-state index is 13.1. The summed E-state index contributed by atoms with van der Waals surface area (Å²) in [6, 6.07) is 12.1. The van der Waals surface area contributed by atoms with Crippen LogP contribution in [0.1, 0.15) is 17.8 Å².